The van der Waals surface area contributed by atoms with Crippen molar-refractivity contribution in [3.05, 3.63) is 94.6 Å². The largest absolute Gasteiger partial charge is 0.399 e. The summed E-state index contributed by atoms with van der Waals surface area (Å²) in [6.07, 6.45) is 7.20. The molecule has 0 amide bonds. The third-order valence-electron chi connectivity index (χ3n) is 6.07. The second-order valence-corrected chi connectivity index (χ2v) is 8.54. The number of anilines is 1. The molecule has 0 bridgehead atoms. The van der Waals surface area contributed by atoms with Gasteiger partial charge in [0.1, 0.15) is 0 Å². The molecule has 3 aromatic carbocycles. The molecule has 1 aliphatic carbocycles. The van der Waals surface area contributed by atoms with Crippen LogP contribution in [0, 0.1) is 27.7 Å². The van der Waals surface area contributed by atoms with Crippen LogP contribution in [0.5, 0.6) is 0 Å². The highest BCUT2D eigenvalue weighted by atomic mass is 14.6. The number of benzene rings is 3. The molecule has 0 heterocycles. The van der Waals surface area contributed by atoms with Crippen molar-refractivity contribution >= 4 is 11.3 Å². The van der Waals surface area contributed by atoms with E-state index in [-0.39, 0.29) is 6.04 Å². The number of hydrogen-bond donors (Lipinski definition) is 2. The highest BCUT2D eigenvalue weighted by Crippen LogP contribution is 2.37. The molecule has 4 rings (SSSR count). The third kappa shape index (κ3) is 3.83. The Morgan fingerprint density at radius 3 is 2.20 bits per heavy atom. The van der Waals surface area contributed by atoms with E-state index in [2.05, 4.69) is 94.5 Å². The van der Waals surface area contributed by atoms with Gasteiger partial charge >= 0.3 is 0 Å². The van der Waals surface area contributed by atoms with Crippen LogP contribution in [0.2, 0.25) is 0 Å². The summed E-state index contributed by atoms with van der Waals surface area (Å²) in [6, 6.07) is 17.5. The summed E-state index contributed by atoms with van der Waals surface area (Å²) in [6.45, 7) is 8.67. The number of nitrogen functional groups attached to an aromatic ring is 1. The molecule has 1 aliphatic rings. The van der Waals surface area contributed by atoms with Crippen molar-refractivity contribution in [2.75, 3.05) is 5.73 Å². The molecule has 0 spiro atoms. The average Bonchev–Trinajstić information content (AvgIpc) is 2.67. The quantitative estimate of drug-likeness (QED) is 0.498. The standard InChI is InChI=1S/C28H30N2/c1-17-8-10-26(19(3)12-17)22-13-23(16-25(30)15-22)27-11-9-18(2)28(20(27)4)21-6-5-7-24(29)14-21/h5-13,15-16,24H,14,29-30H2,1-4H3. The fourth-order valence-corrected chi connectivity index (χ4v) is 4.64. The second kappa shape index (κ2) is 7.97. The van der Waals surface area contributed by atoms with E-state index in [1.54, 1.807) is 0 Å². The molecule has 1 unspecified atom stereocenters. The van der Waals surface area contributed by atoms with E-state index in [1.165, 1.54) is 44.5 Å². The van der Waals surface area contributed by atoms with E-state index in [9.17, 15) is 0 Å². The summed E-state index contributed by atoms with van der Waals surface area (Å²) >= 11 is 0. The Labute approximate surface area is 179 Å². The van der Waals surface area contributed by atoms with Gasteiger partial charge in [-0.1, -0.05) is 54.1 Å². The van der Waals surface area contributed by atoms with Gasteiger partial charge in [-0.2, -0.15) is 0 Å². The lowest BCUT2D eigenvalue weighted by molar-refractivity contribution is 0.837. The number of allylic oxidation sites excluding steroid dienone is 2. The molecule has 1 atom stereocenters. The maximum atomic E-state index is 6.36. The predicted molar refractivity (Wildman–Crippen MR) is 130 cm³/mol. The Hall–Kier alpha value is -3.10. The zero-order valence-electron chi connectivity index (χ0n) is 18.3. The minimum atomic E-state index is 0.0796. The van der Waals surface area contributed by atoms with Crippen LogP contribution in [0.1, 0.15) is 34.2 Å². The Morgan fingerprint density at radius 1 is 0.800 bits per heavy atom. The van der Waals surface area contributed by atoms with Crippen molar-refractivity contribution in [1.29, 1.82) is 0 Å². The Kier molecular flexibility index (Phi) is 5.36. The number of rotatable bonds is 3. The van der Waals surface area contributed by atoms with Crippen molar-refractivity contribution in [2.45, 2.75) is 40.2 Å². The molecule has 2 heteroatoms. The topological polar surface area (TPSA) is 52.0 Å². The van der Waals surface area contributed by atoms with E-state index in [1.807, 2.05) is 0 Å². The first-order valence-corrected chi connectivity index (χ1v) is 10.6. The molecule has 3 aromatic rings. The van der Waals surface area contributed by atoms with Crippen LogP contribution in [0.4, 0.5) is 5.69 Å². The first-order chi connectivity index (χ1) is 14.3. The lowest BCUT2D eigenvalue weighted by Gasteiger charge is -2.21. The lowest BCUT2D eigenvalue weighted by Crippen LogP contribution is -2.19. The van der Waals surface area contributed by atoms with E-state index >= 15 is 0 Å². The fraction of sp³-hybridized carbons (Fsp3) is 0.214. The maximum absolute atomic E-state index is 6.36. The molecule has 30 heavy (non-hydrogen) atoms. The highest BCUT2D eigenvalue weighted by Gasteiger charge is 2.17. The molecule has 0 radical (unpaired) electrons. The summed E-state index contributed by atoms with van der Waals surface area (Å²) < 4.78 is 0. The van der Waals surface area contributed by atoms with E-state index in [0.29, 0.717) is 0 Å². The van der Waals surface area contributed by atoms with Crippen LogP contribution in [0.15, 0.2) is 66.8 Å². The van der Waals surface area contributed by atoms with Crippen molar-refractivity contribution in [2.24, 2.45) is 5.73 Å². The molecule has 0 saturated carbocycles. The summed E-state index contributed by atoms with van der Waals surface area (Å²) in [4.78, 5) is 0. The van der Waals surface area contributed by atoms with Gasteiger partial charge in [-0.05, 0) is 102 Å². The Morgan fingerprint density at radius 2 is 1.50 bits per heavy atom. The van der Waals surface area contributed by atoms with Gasteiger partial charge in [0.25, 0.3) is 0 Å². The van der Waals surface area contributed by atoms with Gasteiger partial charge in [0.05, 0.1) is 0 Å². The molecular formula is C28H30N2. The molecule has 0 fully saturated rings. The van der Waals surface area contributed by atoms with Crippen LogP contribution < -0.4 is 11.5 Å². The van der Waals surface area contributed by atoms with Crippen LogP contribution in [-0.2, 0) is 0 Å². The summed E-state index contributed by atoms with van der Waals surface area (Å²) in [5.74, 6) is 0. The highest BCUT2D eigenvalue weighted by molar-refractivity contribution is 5.84. The summed E-state index contributed by atoms with van der Waals surface area (Å²) in [7, 11) is 0. The van der Waals surface area contributed by atoms with Gasteiger partial charge in [-0.3, -0.25) is 0 Å². The van der Waals surface area contributed by atoms with Crippen molar-refractivity contribution < 1.29 is 0 Å². The van der Waals surface area contributed by atoms with Gasteiger partial charge < -0.3 is 11.5 Å². The van der Waals surface area contributed by atoms with Crippen molar-refractivity contribution in [1.82, 2.24) is 0 Å². The zero-order chi connectivity index (χ0) is 21.4. The monoisotopic (exact) mass is 394 g/mol. The van der Waals surface area contributed by atoms with Crippen LogP contribution in [0.3, 0.4) is 0 Å². The normalized spacial score (nSPS) is 15.9. The molecule has 0 aliphatic heterocycles. The molecule has 2 nitrogen and oxygen atoms in total. The van der Waals surface area contributed by atoms with E-state index in [4.69, 9.17) is 11.5 Å². The van der Waals surface area contributed by atoms with Gasteiger partial charge in [-0.15, -0.1) is 0 Å². The van der Waals surface area contributed by atoms with E-state index < -0.39 is 0 Å². The minimum absolute atomic E-state index is 0.0796. The SMILES string of the molecule is Cc1ccc(-c2cc(N)cc(-c3ccc(C)c(C4=CC=CC(N)C4)c3C)c2)c(C)c1. The van der Waals surface area contributed by atoms with Gasteiger partial charge in [0, 0.05) is 11.7 Å². The second-order valence-electron chi connectivity index (χ2n) is 8.54. The molecule has 0 saturated heterocycles. The molecular weight excluding hydrogens is 364 g/mol. The minimum Gasteiger partial charge on any atom is -0.399 e. The fourth-order valence-electron chi connectivity index (χ4n) is 4.64. The summed E-state index contributed by atoms with van der Waals surface area (Å²) in [5.41, 5.74) is 25.8. The van der Waals surface area contributed by atoms with Crippen LogP contribution in [-0.4, -0.2) is 6.04 Å². The van der Waals surface area contributed by atoms with Crippen LogP contribution in [0.25, 0.3) is 27.8 Å². The number of hydrogen-bond acceptors (Lipinski definition) is 2. The smallest absolute Gasteiger partial charge is 0.0326 e. The number of aryl methyl sites for hydroxylation is 3. The zero-order valence-corrected chi connectivity index (χ0v) is 18.3. The van der Waals surface area contributed by atoms with E-state index in [0.717, 1.165) is 23.2 Å². The third-order valence-corrected chi connectivity index (χ3v) is 6.07. The molecule has 152 valence electrons. The van der Waals surface area contributed by atoms with Gasteiger partial charge in [0.15, 0.2) is 0 Å². The average molecular weight is 395 g/mol. The van der Waals surface area contributed by atoms with Crippen molar-refractivity contribution in [3.8, 4) is 22.3 Å². The van der Waals surface area contributed by atoms with Gasteiger partial charge in [-0.25, -0.2) is 0 Å². The Bertz CT molecular complexity index is 1180. The maximum Gasteiger partial charge on any atom is 0.0326 e. The first-order valence-electron chi connectivity index (χ1n) is 10.6. The number of nitrogens with two attached hydrogens (primary N) is 2. The predicted octanol–water partition coefficient (Wildman–Crippen LogP) is 6.51. The van der Waals surface area contributed by atoms with Crippen LogP contribution >= 0.6 is 0 Å². The molecule has 0 aromatic heterocycles. The molecule has 4 N–H and O–H groups in total. The van der Waals surface area contributed by atoms with Crippen molar-refractivity contribution in [3.63, 3.8) is 0 Å². The summed E-state index contributed by atoms with van der Waals surface area (Å²) in [5, 5.41) is 0. The van der Waals surface area contributed by atoms with Gasteiger partial charge in [0.2, 0.25) is 0 Å². The lowest BCUT2D eigenvalue weighted by atomic mass is 9.85. The first kappa shape index (κ1) is 20.2. The Balaban J connectivity index is 1.85.